The van der Waals surface area contributed by atoms with Gasteiger partial charge in [0, 0.05) is 24.8 Å². The standard InChI is InChI=1S/C19H25NO7/c1-5-26-17(23)19(18(24)27-6-2)14(11-16(22)20(19)12(3)21)13-9-7-8-10-15(13)25-4/h7-10,14,16,22H,5-6,11H2,1-4H3/t14-,16+/m1/s1. The van der Waals surface area contributed by atoms with Crippen molar-refractivity contribution in [3.05, 3.63) is 29.8 Å². The summed E-state index contributed by atoms with van der Waals surface area (Å²) in [6, 6.07) is 6.83. The monoisotopic (exact) mass is 379 g/mol. The summed E-state index contributed by atoms with van der Waals surface area (Å²) in [5, 5.41) is 10.6. The van der Waals surface area contributed by atoms with Crippen LogP contribution >= 0.6 is 0 Å². The zero-order chi connectivity index (χ0) is 20.2. The van der Waals surface area contributed by atoms with Gasteiger partial charge in [-0.25, -0.2) is 9.59 Å². The van der Waals surface area contributed by atoms with Crippen LogP contribution < -0.4 is 4.74 Å². The highest BCUT2D eigenvalue weighted by Crippen LogP contribution is 2.49. The molecule has 27 heavy (non-hydrogen) atoms. The SMILES string of the molecule is CCOC(=O)C1(C(=O)OCC)[C@@H](c2ccccc2OC)C[C@H](O)N1C(C)=O. The molecule has 0 unspecified atom stereocenters. The van der Waals surface area contributed by atoms with E-state index in [9.17, 15) is 19.5 Å². The molecule has 1 aromatic rings. The quantitative estimate of drug-likeness (QED) is 0.585. The Labute approximate surface area is 158 Å². The topological polar surface area (TPSA) is 102 Å². The van der Waals surface area contributed by atoms with Crippen molar-refractivity contribution in [2.45, 2.75) is 44.9 Å². The minimum Gasteiger partial charge on any atom is -0.496 e. The molecule has 1 saturated heterocycles. The van der Waals surface area contributed by atoms with Crippen molar-refractivity contribution < 1.29 is 33.7 Å². The molecule has 1 fully saturated rings. The number of carbonyl (C=O) groups excluding carboxylic acids is 3. The summed E-state index contributed by atoms with van der Waals surface area (Å²) in [7, 11) is 1.46. The maximum absolute atomic E-state index is 13.1. The average Bonchev–Trinajstić information content (AvgIpc) is 2.96. The number of benzene rings is 1. The Morgan fingerprint density at radius 2 is 1.70 bits per heavy atom. The second-order valence-electron chi connectivity index (χ2n) is 6.11. The van der Waals surface area contributed by atoms with Crippen LogP contribution in [0.3, 0.4) is 0 Å². The third-order valence-corrected chi connectivity index (χ3v) is 4.66. The van der Waals surface area contributed by atoms with Crippen molar-refractivity contribution in [2.24, 2.45) is 0 Å². The van der Waals surface area contributed by atoms with Gasteiger partial charge in [0.15, 0.2) is 0 Å². The number of likely N-dealkylation sites (tertiary alicyclic amines) is 1. The third-order valence-electron chi connectivity index (χ3n) is 4.66. The highest BCUT2D eigenvalue weighted by molar-refractivity contribution is 6.09. The van der Waals surface area contributed by atoms with E-state index < -0.39 is 35.5 Å². The van der Waals surface area contributed by atoms with Gasteiger partial charge in [-0.2, -0.15) is 0 Å². The molecule has 0 bridgehead atoms. The van der Waals surface area contributed by atoms with Crippen molar-refractivity contribution in [1.82, 2.24) is 4.90 Å². The normalized spacial score (nSPS) is 20.9. The van der Waals surface area contributed by atoms with Crippen LogP contribution in [0.25, 0.3) is 0 Å². The minimum absolute atomic E-state index is 0.000469. The number of aliphatic hydroxyl groups is 1. The summed E-state index contributed by atoms with van der Waals surface area (Å²) in [5.74, 6) is -2.98. The number of hydrogen-bond donors (Lipinski definition) is 1. The lowest BCUT2D eigenvalue weighted by Gasteiger charge is -2.38. The molecule has 1 amide bonds. The lowest BCUT2D eigenvalue weighted by Crippen LogP contribution is -2.63. The number of hydrogen-bond acceptors (Lipinski definition) is 7. The van der Waals surface area contributed by atoms with Crippen molar-refractivity contribution in [3.8, 4) is 5.75 Å². The summed E-state index contributed by atoms with van der Waals surface area (Å²) >= 11 is 0. The van der Waals surface area contributed by atoms with E-state index in [2.05, 4.69) is 0 Å². The largest absolute Gasteiger partial charge is 0.496 e. The van der Waals surface area contributed by atoms with Gasteiger partial charge in [-0.1, -0.05) is 18.2 Å². The molecule has 148 valence electrons. The number of rotatable bonds is 6. The van der Waals surface area contributed by atoms with Gasteiger partial charge in [-0.05, 0) is 19.9 Å². The van der Waals surface area contributed by atoms with Crippen LogP contribution in [0.1, 0.15) is 38.7 Å². The first kappa shape index (κ1) is 20.7. The molecule has 1 aromatic carbocycles. The molecule has 8 heteroatoms. The van der Waals surface area contributed by atoms with Crippen LogP contribution in [-0.4, -0.2) is 59.9 Å². The number of esters is 2. The fraction of sp³-hybridized carbons (Fsp3) is 0.526. The van der Waals surface area contributed by atoms with Gasteiger partial charge in [0.1, 0.15) is 12.0 Å². The van der Waals surface area contributed by atoms with Gasteiger partial charge < -0.3 is 19.3 Å². The van der Waals surface area contributed by atoms with Crippen LogP contribution in [-0.2, 0) is 23.9 Å². The summed E-state index contributed by atoms with van der Waals surface area (Å²) in [6.07, 6.45) is -1.40. The Balaban J connectivity index is 2.77. The minimum atomic E-state index is -2.13. The Morgan fingerprint density at radius 3 is 2.19 bits per heavy atom. The van der Waals surface area contributed by atoms with Gasteiger partial charge in [0.25, 0.3) is 0 Å². The van der Waals surface area contributed by atoms with Gasteiger partial charge in [0.05, 0.1) is 20.3 Å². The van der Waals surface area contributed by atoms with Crippen molar-refractivity contribution in [3.63, 3.8) is 0 Å². The third kappa shape index (κ3) is 3.37. The molecule has 1 aliphatic rings. The molecule has 1 heterocycles. The maximum Gasteiger partial charge on any atom is 0.344 e. The van der Waals surface area contributed by atoms with E-state index in [-0.39, 0.29) is 19.6 Å². The zero-order valence-corrected chi connectivity index (χ0v) is 15.9. The number of ether oxygens (including phenoxy) is 3. The smallest absolute Gasteiger partial charge is 0.344 e. The number of methoxy groups -OCH3 is 1. The molecular formula is C19H25NO7. The zero-order valence-electron chi connectivity index (χ0n) is 15.9. The van der Waals surface area contributed by atoms with Gasteiger partial charge in [-0.15, -0.1) is 0 Å². The first-order chi connectivity index (χ1) is 12.9. The molecule has 8 nitrogen and oxygen atoms in total. The summed E-state index contributed by atoms with van der Waals surface area (Å²) in [4.78, 5) is 39.3. The molecule has 0 radical (unpaired) electrons. The molecular weight excluding hydrogens is 354 g/mol. The fourth-order valence-corrected chi connectivity index (χ4v) is 3.70. The Bertz CT molecular complexity index is 700. The number of para-hydroxylation sites is 1. The van der Waals surface area contributed by atoms with E-state index in [1.54, 1.807) is 38.1 Å². The predicted octanol–water partition coefficient (Wildman–Crippen LogP) is 1.21. The van der Waals surface area contributed by atoms with Crippen LogP contribution in [0.4, 0.5) is 0 Å². The van der Waals surface area contributed by atoms with E-state index >= 15 is 0 Å². The Hall–Kier alpha value is -2.61. The van der Waals surface area contributed by atoms with Crippen molar-refractivity contribution >= 4 is 17.8 Å². The van der Waals surface area contributed by atoms with E-state index in [0.29, 0.717) is 11.3 Å². The van der Waals surface area contributed by atoms with Crippen LogP contribution in [0.15, 0.2) is 24.3 Å². The average molecular weight is 379 g/mol. The van der Waals surface area contributed by atoms with Crippen LogP contribution in [0.2, 0.25) is 0 Å². The molecule has 1 N–H and O–H groups in total. The molecule has 0 spiro atoms. The van der Waals surface area contributed by atoms with Crippen molar-refractivity contribution in [1.29, 1.82) is 0 Å². The molecule has 0 aliphatic carbocycles. The van der Waals surface area contributed by atoms with E-state index in [1.807, 2.05) is 0 Å². The predicted molar refractivity (Wildman–Crippen MR) is 94.9 cm³/mol. The first-order valence-electron chi connectivity index (χ1n) is 8.81. The Kier molecular flexibility index (Phi) is 6.43. The Morgan fingerprint density at radius 1 is 1.15 bits per heavy atom. The highest BCUT2D eigenvalue weighted by Gasteiger charge is 2.67. The molecule has 0 aromatic heterocycles. The molecule has 2 rings (SSSR count). The van der Waals surface area contributed by atoms with E-state index in [0.717, 1.165) is 4.90 Å². The van der Waals surface area contributed by atoms with Crippen molar-refractivity contribution in [2.75, 3.05) is 20.3 Å². The number of amides is 1. The lowest BCUT2D eigenvalue weighted by molar-refractivity contribution is -0.182. The molecule has 1 aliphatic heterocycles. The van der Waals surface area contributed by atoms with Gasteiger partial charge in [0.2, 0.25) is 11.4 Å². The van der Waals surface area contributed by atoms with Gasteiger partial charge >= 0.3 is 11.9 Å². The second-order valence-corrected chi connectivity index (χ2v) is 6.11. The fourth-order valence-electron chi connectivity index (χ4n) is 3.70. The first-order valence-corrected chi connectivity index (χ1v) is 8.81. The molecule has 2 atom stereocenters. The summed E-state index contributed by atoms with van der Waals surface area (Å²) in [6.45, 7) is 4.37. The molecule has 0 saturated carbocycles. The van der Waals surface area contributed by atoms with E-state index in [4.69, 9.17) is 14.2 Å². The van der Waals surface area contributed by atoms with Gasteiger partial charge in [-0.3, -0.25) is 9.69 Å². The van der Waals surface area contributed by atoms with E-state index in [1.165, 1.54) is 14.0 Å². The van der Waals surface area contributed by atoms with Crippen LogP contribution in [0.5, 0.6) is 5.75 Å². The number of aliphatic hydroxyl groups excluding tert-OH is 1. The summed E-state index contributed by atoms with van der Waals surface area (Å²) in [5.41, 5.74) is -1.63. The number of carbonyl (C=O) groups is 3. The number of nitrogens with zero attached hydrogens (tertiary/aromatic N) is 1. The lowest BCUT2D eigenvalue weighted by atomic mass is 9.79. The maximum atomic E-state index is 13.1. The highest BCUT2D eigenvalue weighted by atomic mass is 16.6. The second kappa shape index (κ2) is 8.39. The summed E-state index contributed by atoms with van der Waals surface area (Å²) < 4.78 is 15.7. The van der Waals surface area contributed by atoms with Crippen LogP contribution in [0, 0.1) is 0 Å².